The summed E-state index contributed by atoms with van der Waals surface area (Å²) in [4.78, 5) is 2.38. The van der Waals surface area contributed by atoms with Crippen molar-refractivity contribution in [3.05, 3.63) is 30.5 Å². The highest BCUT2D eigenvalue weighted by molar-refractivity contribution is 5.78. The van der Waals surface area contributed by atoms with Gasteiger partial charge >= 0.3 is 0 Å². The van der Waals surface area contributed by atoms with Crippen molar-refractivity contribution in [3.63, 3.8) is 0 Å². The first-order valence-corrected chi connectivity index (χ1v) is 6.66. The minimum atomic E-state index is 0.565. The van der Waals surface area contributed by atoms with E-state index < -0.39 is 0 Å². The third-order valence-electron chi connectivity index (χ3n) is 3.38. The van der Waals surface area contributed by atoms with Crippen LogP contribution < -0.4 is 5.73 Å². The van der Waals surface area contributed by atoms with Crippen LogP contribution in [0.5, 0.6) is 0 Å². The second-order valence-corrected chi connectivity index (χ2v) is 4.59. The van der Waals surface area contributed by atoms with Crippen molar-refractivity contribution < 1.29 is 4.74 Å². The lowest BCUT2D eigenvalue weighted by atomic mass is 10.1. The summed E-state index contributed by atoms with van der Waals surface area (Å²) < 4.78 is 7.24. The maximum Gasteiger partial charge on any atom is 0.153 e. The van der Waals surface area contributed by atoms with Crippen molar-refractivity contribution in [2.45, 2.75) is 13.5 Å². The van der Waals surface area contributed by atoms with Crippen LogP contribution in [0.1, 0.15) is 12.5 Å². The molecule has 19 heavy (non-hydrogen) atoms. The number of rotatable bonds is 5. The van der Waals surface area contributed by atoms with Gasteiger partial charge in [0.15, 0.2) is 5.82 Å². The molecule has 0 saturated carbocycles. The molecule has 0 aromatic carbocycles. The van der Waals surface area contributed by atoms with Crippen LogP contribution >= 0.6 is 0 Å². The summed E-state index contributed by atoms with van der Waals surface area (Å²) in [6, 6.07) is 0. The van der Waals surface area contributed by atoms with Crippen molar-refractivity contribution in [1.82, 2.24) is 14.7 Å². The number of nitrogen functional groups attached to an aromatic ring is 1. The molecule has 0 amide bonds. The zero-order chi connectivity index (χ0) is 13.7. The smallest absolute Gasteiger partial charge is 0.153 e. The van der Waals surface area contributed by atoms with Crippen molar-refractivity contribution in [2.75, 3.05) is 38.6 Å². The molecule has 0 atom stereocenters. The summed E-state index contributed by atoms with van der Waals surface area (Å²) in [6.07, 6.45) is 5.79. The Morgan fingerprint density at radius 2 is 2.21 bits per heavy atom. The van der Waals surface area contributed by atoms with Gasteiger partial charge in [-0.05, 0) is 12.5 Å². The molecule has 1 aliphatic heterocycles. The Hall–Kier alpha value is -1.59. The van der Waals surface area contributed by atoms with Crippen LogP contribution in [0, 0.1) is 0 Å². The molecular formula is C14H22N4O. The Morgan fingerprint density at radius 1 is 1.47 bits per heavy atom. The molecule has 5 heteroatoms. The second kappa shape index (κ2) is 6.54. The van der Waals surface area contributed by atoms with Gasteiger partial charge in [0.25, 0.3) is 0 Å². The number of nitrogens with two attached hydrogens (primary N) is 1. The maximum absolute atomic E-state index is 5.95. The van der Waals surface area contributed by atoms with E-state index in [2.05, 4.69) is 16.6 Å². The lowest BCUT2D eigenvalue weighted by molar-refractivity contribution is 0.0360. The fourth-order valence-corrected chi connectivity index (χ4v) is 2.23. The molecule has 0 aliphatic carbocycles. The van der Waals surface area contributed by atoms with E-state index in [0.717, 1.165) is 50.5 Å². The van der Waals surface area contributed by atoms with Crippen LogP contribution in [0.4, 0.5) is 5.82 Å². The molecule has 5 nitrogen and oxygen atoms in total. The van der Waals surface area contributed by atoms with Crippen LogP contribution in [0.15, 0.2) is 24.9 Å². The van der Waals surface area contributed by atoms with Crippen molar-refractivity contribution in [1.29, 1.82) is 0 Å². The highest BCUT2D eigenvalue weighted by atomic mass is 16.5. The van der Waals surface area contributed by atoms with Gasteiger partial charge in [-0.3, -0.25) is 9.58 Å². The zero-order valence-corrected chi connectivity index (χ0v) is 11.5. The van der Waals surface area contributed by atoms with Crippen LogP contribution in [0.25, 0.3) is 5.57 Å². The third kappa shape index (κ3) is 3.45. The number of morpholine rings is 1. The Bertz CT molecular complexity index is 458. The molecule has 1 aromatic rings. The van der Waals surface area contributed by atoms with Crippen LogP contribution in [-0.2, 0) is 11.3 Å². The molecule has 0 unspecified atom stereocenters. The Labute approximate surface area is 114 Å². The molecule has 0 spiro atoms. The van der Waals surface area contributed by atoms with Crippen molar-refractivity contribution >= 4 is 11.4 Å². The van der Waals surface area contributed by atoms with E-state index in [0.29, 0.717) is 5.82 Å². The van der Waals surface area contributed by atoms with E-state index in [-0.39, 0.29) is 0 Å². The quantitative estimate of drug-likeness (QED) is 0.815. The van der Waals surface area contributed by atoms with E-state index in [1.54, 1.807) is 6.08 Å². The van der Waals surface area contributed by atoms with E-state index >= 15 is 0 Å². The summed E-state index contributed by atoms with van der Waals surface area (Å²) in [5.41, 5.74) is 7.93. The van der Waals surface area contributed by atoms with E-state index in [1.807, 2.05) is 23.9 Å². The van der Waals surface area contributed by atoms with Gasteiger partial charge in [0.2, 0.25) is 0 Å². The van der Waals surface area contributed by atoms with Gasteiger partial charge in [0.05, 0.1) is 19.8 Å². The molecule has 1 saturated heterocycles. The van der Waals surface area contributed by atoms with E-state index in [1.165, 1.54) is 0 Å². The number of ether oxygens (including phenoxy) is 1. The van der Waals surface area contributed by atoms with Gasteiger partial charge in [0.1, 0.15) is 0 Å². The first-order valence-electron chi connectivity index (χ1n) is 6.66. The second-order valence-electron chi connectivity index (χ2n) is 4.59. The predicted molar refractivity (Wildman–Crippen MR) is 77.7 cm³/mol. The fourth-order valence-electron chi connectivity index (χ4n) is 2.23. The summed E-state index contributed by atoms with van der Waals surface area (Å²) >= 11 is 0. The van der Waals surface area contributed by atoms with Crippen LogP contribution in [0.2, 0.25) is 0 Å². The monoisotopic (exact) mass is 262 g/mol. The minimum Gasteiger partial charge on any atom is -0.382 e. The summed E-state index contributed by atoms with van der Waals surface area (Å²) in [7, 11) is 0. The van der Waals surface area contributed by atoms with Gasteiger partial charge < -0.3 is 10.5 Å². The highest BCUT2D eigenvalue weighted by Crippen LogP contribution is 2.20. The predicted octanol–water partition coefficient (Wildman–Crippen LogP) is 1.39. The maximum atomic E-state index is 5.95. The number of hydrogen-bond acceptors (Lipinski definition) is 4. The molecule has 1 aromatic heterocycles. The topological polar surface area (TPSA) is 56.3 Å². The molecule has 2 rings (SSSR count). The Kier molecular flexibility index (Phi) is 4.76. The molecule has 1 aliphatic rings. The number of allylic oxidation sites excluding steroid dienone is 3. The van der Waals surface area contributed by atoms with Crippen molar-refractivity contribution in [2.24, 2.45) is 0 Å². The standard InChI is InChI=1S/C14H22N4O/c1-3-12(4-2)13-11-18(16-14(13)15)6-5-17-7-9-19-10-8-17/h3-4,11H,1,5-10H2,2H3,(H2,15,16)/b12-4+. The van der Waals surface area contributed by atoms with Gasteiger partial charge in [-0.2, -0.15) is 5.10 Å². The van der Waals surface area contributed by atoms with Gasteiger partial charge in [-0.15, -0.1) is 0 Å². The summed E-state index contributed by atoms with van der Waals surface area (Å²) in [6.45, 7) is 11.2. The third-order valence-corrected chi connectivity index (χ3v) is 3.38. The minimum absolute atomic E-state index is 0.565. The lowest BCUT2D eigenvalue weighted by Gasteiger charge is -2.26. The number of aromatic nitrogens is 2. The summed E-state index contributed by atoms with van der Waals surface area (Å²) in [5.74, 6) is 0.565. The average Bonchev–Trinajstić information content (AvgIpc) is 2.81. The number of hydrogen-bond donors (Lipinski definition) is 1. The van der Waals surface area contributed by atoms with Crippen LogP contribution in [-0.4, -0.2) is 47.5 Å². The molecule has 0 bridgehead atoms. The normalized spacial score (nSPS) is 17.6. The van der Waals surface area contributed by atoms with E-state index in [4.69, 9.17) is 10.5 Å². The largest absolute Gasteiger partial charge is 0.382 e. The van der Waals surface area contributed by atoms with Gasteiger partial charge in [0, 0.05) is 31.4 Å². The summed E-state index contributed by atoms with van der Waals surface area (Å²) in [5, 5.41) is 4.36. The Morgan fingerprint density at radius 3 is 2.84 bits per heavy atom. The first-order chi connectivity index (χ1) is 9.24. The van der Waals surface area contributed by atoms with Crippen molar-refractivity contribution in [3.8, 4) is 0 Å². The SMILES string of the molecule is C=C/C(=C\C)c1cn(CCN2CCOCC2)nc1N. The Balaban J connectivity index is 1.97. The highest BCUT2D eigenvalue weighted by Gasteiger charge is 2.12. The molecule has 2 N–H and O–H groups in total. The fraction of sp³-hybridized carbons (Fsp3) is 0.500. The molecule has 0 radical (unpaired) electrons. The molecule has 2 heterocycles. The van der Waals surface area contributed by atoms with E-state index in [9.17, 15) is 0 Å². The van der Waals surface area contributed by atoms with Crippen LogP contribution in [0.3, 0.4) is 0 Å². The van der Waals surface area contributed by atoms with Gasteiger partial charge in [-0.1, -0.05) is 18.7 Å². The number of nitrogens with zero attached hydrogens (tertiary/aromatic N) is 3. The molecule has 104 valence electrons. The zero-order valence-electron chi connectivity index (χ0n) is 11.5. The number of anilines is 1. The molecular weight excluding hydrogens is 240 g/mol. The average molecular weight is 262 g/mol. The lowest BCUT2D eigenvalue weighted by Crippen LogP contribution is -2.38. The van der Waals surface area contributed by atoms with Gasteiger partial charge in [-0.25, -0.2) is 0 Å². The first kappa shape index (κ1) is 13.8. The molecule has 1 fully saturated rings.